The summed E-state index contributed by atoms with van der Waals surface area (Å²) in [4.78, 5) is 0. The second-order valence-corrected chi connectivity index (χ2v) is 20.1. The lowest BCUT2D eigenvalue weighted by Gasteiger charge is -2.43. The minimum Gasteiger partial charge on any atom is -0.529 e. The van der Waals surface area contributed by atoms with Crippen LogP contribution in [0, 0.1) is 0 Å². The van der Waals surface area contributed by atoms with Crippen LogP contribution in [0.3, 0.4) is 0 Å². The van der Waals surface area contributed by atoms with Gasteiger partial charge in [0.25, 0.3) is 0 Å². The maximum atomic E-state index is 14.2. The molecule has 6 rings (SSSR count). The Morgan fingerprint density at radius 1 is 0.526 bits per heavy atom. The van der Waals surface area contributed by atoms with Gasteiger partial charge < -0.3 is 23.2 Å². The summed E-state index contributed by atoms with van der Waals surface area (Å²) in [5.41, 5.74) is 3.19. The molecule has 0 amide bonds. The van der Waals surface area contributed by atoms with Gasteiger partial charge in [0.05, 0.1) is 34.5 Å². The van der Waals surface area contributed by atoms with Crippen molar-refractivity contribution in [2.24, 2.45) is 0 Å². The van der Waals surface area contributed by atoms with Gasteiger partial charge in [-0.05, 0) is 61.9 Å². The lowest BCUT2D eigenvalue weighted by atomic mass is 10.1. The average molecular weight is 801 g/mol. The van der Waals surface area contributed by atoms with E-state index in [0.717, 1.165) is 32.6 Å². The SMILES string of the molecule is COc1ccc(/C=C\c2cc(OC)c(O[Si](c3ccccc3)(c3ccccc3)C(C)(C)C)c(OC)c2)cc1OP(=O)(OCc1ccccc1)OCc1ccccc1. The smallest absolute Gasteiger partial charge is 0.529 e. The highest BCUT2D eigenvalue weighted by molar-refractivity contribution is 7.48. The molecule has 0 aliphatic rings. The van der Waals surface area contributed by atoms with Gasteiger partial charge in [0.2, 0.25) is 0 Å². The van der Waals surface area contributed by atoms with Crippen molar-refractivity contribution in [3.63, 3.8) is 0 Å². The van der Waals surface area contributed by atoms with E-state index in [1.165, 1.54) is 7.11 Å². The molecule has 294 valence electrons. The largest absolute Gasteiger partial charge is 0.530 e. The molecule has 6 aromatic rings. The van der Waals surface area contributed by atoms with Crippen molar-refractivity contribution in [1.82, 2.24) is 0 Å². The first kappa shape index (κ1) is 41.1. The minimum atomic E-state index is -4.16. The fourth-order valence-corrected chi connectivity index (χ4v) is 12.2. The summed E-state index contributed by atoms with van der Waals surface area (Å²) >= 11 is 0. The van der Waals surface area contributed by atoms with Gasteiger partial charge in [-0.3, -0.25) is 9.05 Å². The Labute approximate surface area is 337 Å². The first-order valence-electron chi connectivity index (χ1n) is 18.7. The van der Waals surface area contributed by atoms with Gasteiger partial charge in [-0.15, -0.1) is 0 Å². The van der Waals surface area contributed by atoms with E-state index < -0.39 is 16.1 Å². The predicted octanol–water partition coefficient (Wildman–Crippen LogP) is 10.7. The van der Waals surface area contributed by atoms with E-state index in [4.69, 9.17) is 32.2 Å². The van der Waals surface area contributed by atoms with Crippen molar-refractivity contribution >= 4 is 38.7 Å². The van der Waals surface area contributed by atoms with Crippen LogP contribution in [0.1, 0.15) is 43.0 Å². The maximum absolute atomic E-state index is 14.2. The van der Waals surface area contributed by atoms with Crippen LogP contribution in [0.15, 0.2) is 152 Å². The topological polar surface area (TPSA) is 81.7 Å². The van der Waals surface area contributed by atoms with E-state index in [9.17, 15) is 4.57 Å². The number of ether oxygens (including phenoxy) is 3. The molecule has 0 heterocycles. The van der Waals surface area contributed by atoms with E-state index in [1.807, 2.05) is 103 Å². The van der Waals surface area contributed by atoms with E-state index in [-0.39, 0.29) is 24.0 Å². The Kier molecular flexibility index (Phi) is 13.4. The second-order valence-electron chi connectivity index (χ2n) is 14.3. The fraction of sp³-hybridized carbons (Fsp3) is 0.191. The number of hydrogen-bond donors (Lipinski definition) is 0. The van der Waals surface area contributed by atoms with E-state index in [0.29, 0.717) is 23.0 Å². The molecule has 0 saturated heterocycles. The number of benzene rings is 6. The number of hydrogen-bond acceptors (Lipinski definition) is 8. The normalized spacial score (nSPS) is 12.0. The summed E-state index contributed by atoms with van der Waals surface area (Å²) in [6, 6.07) is 48.9. The van der Waals surface area contributed by atoms with E-state index in [1.54, 1.807) is 26.4 Å². The standard InChI is InChI=1S/C47H49O8PSi/c1-47(2,3)57(40-23-15-9-16-24-40,41-25-17-10-18-26-41)55-46-44(50-5)32-39(33-45(46)51-6)28-27-36-29-30-42(49-4)43(31-36)54-56(48,52-34-37-19-11-7-12-20-37)53-35-38-21-13-8-14-22-38/h7-33H,34-35H2,1-6H3/b28-27-. The van der Waals surface area contributed by atoms with Crippen LogP contribution in [0.2, 0.25) is 5.04 Å². The van der Waals surface area contributed by atoms with Gasteiger partial charge in [0, 0.05) is 0 Å². The molecule has 0 aliphatic heterocycles. The van der Waals surface area contributed by atoms with E-state index >= 15 is 0 Å². The summed E-state index contributed by atoms with van der Waals surface area (Å²) in [6.07, 6.45) is 3.84. The van der Waals surface area contributed by atoms with Gasteiger partial charge in [0.1, 0.15) is 0 Å². The first-order valence-corrected chi connectivity index (χ1v) is 22.0. The Bertz CT molecular complexity index is 2170. The highest BCUT2D eigenvalue weighted by Gasteiger charge is 2.53. The Morgan fingerprint density at radius 2 is 0.947 bits per heavy atom. The zero-order valence-corrected chi connectivity index (χ0v) is 35.1. The van der Waals surface area contributed by atoms with Crippen LogP contribution in [-0.4, -0.2) is 29.6 Å². The lowest BCUT2D eigenvalue weighted by molar-refractivity contribution is 0.142. The van der Waals surface area contributed by atoms with Gasteiger partial charge in [0.15, 0.2) is 28.7 Å². The highest BCUT2D eigenvalue weighted by atomic mass is 31.2. The van der Waals surface area contributed by atoms with Gasteiger partial charge in [-0.25, -0.2) is 4.57 Å². The fourth-order valence-electron chi connectivity index (χ4n) is 6.63. The minimum absolute atomic E-state index is 0.0221. The monoisotopic (exact) mass is 800 g/mol. The predicted molar refractivity (Wildman–Crippen MR) is 230 cm³/mol. The quantitative estimate of drug-likeness (QED) is 0.0512. The third-order valence-corrected chi connectivity index (χ3v) is 15.7. The molecule has 0 spiro atoms. The molecule has 0 N–H and O–H groups in total. The maximum Gasteiger partial charge on any atom is 0.530 e. The third-order valence-electron chi connectivity index (χ3n) is 9.49. The summed E-state index contributed by atoms with van der Waals surface area (Å²) in [6.45, 7) is 6.73. The van der Waals surface area contributed by atoms with Crippen LogP contribution in [0.4, 0.5) is 0 Å². The van der Waals surface area contributed by atoms with Crippen molar-refractivity contribution in [3.05, 3.63) is 174 Å². The molecule has 0 bridgehead atoms. The van der Waals surface area contributed by atoms with Crippen LogP contribution in [-0.2, 0) is 26.8 Å². The number of phosphoric ester groups is 1. The number of rotatable bonds is 17. The molecule has 0 fully saturated rings. The van der Waals surface area contributed by atoms with Crippen molar-refractivity contribution in [3.8, 4) is 28.7 Å². The number of methoxy groups -OCH3 is 3. The number of phosphoric acid groups is 1. The van der Waals surface area contributed by atoms with Gasteiger partial charge in [-0.2, -0.15) is 0 Å². The Hall–Kier alpha value is -5.57. The zero-order valence-electron chi connectivity index (χ0n) is 33.2. The Balaban J connectivity index is 1.32. The van der Waals surface area contributed by atoms with Crippen molar-refractivity contribution in [2.45, 2.75) is 39.0 Å². The average Bonchev–Trinajstić information content (AvgIpc) is 3.24. The van der Waals surface area contributed by atoms with Crippen molar-refractivity contribution in [2.75, 3.05) is 21.3 Å². The molecule has 0 saturated carbocycles. The molecular weight excluding hydrogens is 752 g/mol. The highest BCUT2D eigenvalue weighted by Crippen LogP contribution is 2.53. The van der Waals surface area contributed by atoms with Crippen LogP contribution in [0.5, 0.6) is 28.7 Å². The van der Waals surface area contributed by atoms with Crippen molar-refractivity contribution in [1.29, 1.82) is 0 Å². The second kappa shape index (κ2) is 18.6. The molecule has 6 aromatic carbocycles. The van der Waals surface area contributed by atoms with Gasteiger partial charge >= 0.3 is 16.1 Å². The molecule has 0 aliphatic carbocycles. The molecule has 0 unspecified atom stereocenters. The molecule has 10 heteroatoms. The summed E-state index contributed by atoms with van der Waals surface area (Å²) < 4.78 is 57.1. The zero-order chi connectivity index (χ0) is 40.3. The third kappa shape index (κ3) is 9.88. The lowest BCUT2D eigenvalue weighted by Crippen LogP contribution is -2.68. The molecule has 0 radical (unpaired) electrons. The summed E-state index contributed by atoms with van der Waals surface area (Å²) in [5.74, 6) is 2.18. The van der Waals surface area contributed by atoms with Crippen LogP contribution in [0.25, 0.3) is 12.2 Å². The van der Waals surface area contributed by atoms with Gasteiger partial charge in [-0.1, -0.05) is 160 Å². The molecule has 57 heavy (non-hydrogen) atoms. The van der Waals surface area contributed by atoms with Crippen LogP contribution >= 0.6 is 7.82 Å². The molecule has 8 nitrogen and oxygen atoms in total. The Morgan fingerprint density at radius 3 is 1.39 bits per heavy atom. The van der Waals surface area contributed by atoms with Crippen LogP contribution < -0.4 is 33.5 Å². The van der Waals surface area contributed by atoms with Crippen molar-refractivity contribution < 1.29 is 36.8 Å². The summed E-state index contributed by atoms with van der Waals surface area (Å²) in [5, 5.41) is 1.99. The molecule has 0 atom stereocenters. The summed E-state index contributed by atoms with van der Waals surface area (Å²) in [7, 11) is -2.38. The molecule has 0 aromatic heterocycles. The van der Waals surface area contributed by atoms with E-state index in [2.05, 4.69) is 69.3 Å². The molecular formula is C47H49O8PSi. The first-order chi connectivity index (χ1) is 27.6.